The van der Waals surface area contributed by atoms with Gasteiger partial charge in [-0.2, -0.15) is 0 Å². The molecule has 1 heterocycles. The van der Waals surface area contributed by atoms with Crippen molar-refractivity contribution in [3.05, 3.63) is 71.8 Å². The van der Waals surface area contributed by atoms with E-state index in [0.29, 0.717) is 5.75 Å². The van der Waals surface area contributed by atoms with Gasteiger partial charge in [0, 0.05) is 11.8 Å². The maximum absolute atomic E-state index is 13.5. The Morgan fingerprint density at radius 3 is 2.05 bits per heavy atom. The molecule has 0 saturated carbocycles. The smallest absolute Gasteiger partial charge is 0.376 e. The fraction of sp³-hybridized carbons (Fsp3) is 0.500. The Hall–Kier alpha value is -2.42. The highest BCUT2D eigenvalue weighted by Crippen LogP contribution is 2.40. The fourth-order valence-electron chi connectivity index (χ4n) is 4.42. The number of carbonyl (C=O) groups is 3. The average molecular weight is 556 g/mol. The summed E-state index contributed by atoms with van der Waals surface area (Å²) >= 11 is 1.42. The number of rotatable bonds is 12. The molecule has 5 atom stereocenters. The minimum atomic E-state index is -2.10. The summed E-state index contributed by atoms with van der Waals surface area (Å²) in [6.07, 6.45) is -0.294. The van der Waals surface area contributed by atoms with E-state index in [1.165, 1.54) is 11.8 Å². The molecule has 206 valence electrons. The zero-order valence-corrected chi connectivity index (χ0v) is 25.3. The molecule has 38 heavy (non-hydrogen) atoms. The van der Waals surface area contributed by atoms with Gasteiger partial charge < -0.3 is 14.5 Å². The van der Waals surface area contributed by atoms with Crippen LogP contribution in [0.4, 0.5) is 0 Å². The molecule has 3 rings (SSSR count). The summed E-state index contributed by atoms with van der Waals surface area (Å²) in [4.78, 5) is 39.1. The first-order valence-electron chi connectivity index (χ1n) is 13.2. The number of ether oxygens (including phenoxy) is 1. The van der Waals surface area contributed by atoms with Crippen molar-refractivity contribution < 1.29 is 23.5 Å². The minimum absolute atomic E-state index is 0.00907. The number of β-lactam (4-membered cyclic amide) rings is 1. The number of thioether (sulfide) groups is 1. The number of esters is 1. The maximum Gasteiger partial charge on any atom is 0.376 e. The van der Waals surface area contributed by atoms with Gasteiger partial charge in [0.25, 0.3) is 5.78 Å². The van der Waals surface area contributed by atoms with Crippen LogP contribution in [0.25, 0.3) is 0 Å². The van der Waals surface area contributed by atoms with Crippen LogP contribution < -0.4 is 5.32 Å². The highest BCUT2D eigenvalue weighted by Gasteiger charge is 2.51. The lowest BCUT2D eigenvalue weighted by Gasteiger charge is -2.48. The van der Waals surface area contributed by atoms with Crippen molar-refractivity contribution >= 4 is 37.7 Å². The normalized spacial score (nSPS) is 20.0. The standard InChI is InChI=1S/C30H41NO5SSi/c1-20(25-24(28(33)31-25)21(2)36-38(6,7)30(3,4)5)27(37-19-23-16-12-9-13-17-23)26(32)29(34)35-18-22-14-10-8-11-15-22/h8-17,20-21,24-25,27H,18-19H2,1-7H3,(H,31,33)/t20-,21-,24+,25-,27?/m1/s1. The number of amides is 1. The van der Waals surface area contributed by atoms with Crippen molar-refractivity contribution in [3.63, 3.8) is 0 Å². The molecule has 8 heteroatoms. The molecule has 1 amide bonds. The molecule has 1 fully saturated rings. The van der Waals surface area contributed by atoms with Crippen LogP contribution in [-0.2, 0) is 35.9 Å². The van der Waals surface area contributed by atoms with Gasteiger partial charge >= 0.3 is 5.97 Å². The van der Waals surface area contributed by atoms with Crippen molar-refractivity contribution in [1.82, 2.24) is 5.32 Å². The Bertz CT molecular complexity index is 1100. The molecule has 0 radical (unpaired) electrons. The Morgan fingerprint density at radius 2 is 1.53 bits per heavy atom. The van der Waals surface area contributed by atoms with Gasteiger partial charge in [-0.25, -0.2) is 4.79 Å². The summed E-state index contributed by atoms with van der Waals surface area (Å²) in [6.45, 7) is 14.8. The molecular weight excluding hydrogens is 514 g/mol. The number of benzene rings is 2. The van der Waals surface area contributed by atoms with Gasteiger partial charge in [0.05, 0.1) is 17.3 Å². The van der Waals surface area contributed by atoms with E-state index in [4.69, 9.17) is 9.16 Å². The number of carbonyl (C=O) groups excluding carboxylic acids is 3. The summed E-state index contributed by atoms with van der Waals surface area (Å²) in [6, 6.07) is 18.9. The molecule has 0 bridgehead atoms. The van der Waals surface area contributed by atoms with Crippen molar-refractivity contribution in [2.24, 2.45) is 11.8 Å². The lowest BCUT2D eigenvalue weighted by molar-refractivity contribution is -0.155. The lowest BCUT2D eigenvalue weighted by Crippen LogP contribution is -2.67. The van der Waals surface area contributed by atoms with Gasteiger partial charge in [-0.05, 0) is 42.1 Å². The molecule has 1 aliphatic heterocycles. The van der Waals surface area contributed by atoms with Gasteiger partial charge in [-0.15, -0.1) is 11.8 Å². The molecular formula is C30H41NO5SSi. The van der Waals surface area contributed by atoms with Gasteiger partial charge in [-0.3, -0.25) is 9.59 Å². The van der Waals surface area contributed by atoms with Crippen LogP contribution in [0.2, 0.25) is 18.1 Å². The van der Waals surface area contributed by atoms with Gasteiger partial charge in [-0.1, -0.05) is 88.4 Å². The second-order valence-electron chi connectivity index (χ2n) is 11.6. The van der Waals surface area contributed by atoms with Crippen LogP contribution in [-0.4, -0.2) is 43.4 Å². The number of nitrogens with one attached hydrogen (secondary N) is 1. The Morgan fingerprint density at radius 1 is 0.974 bits per heavy atom. The number of hydrogen-bond acceptors (Lipinski definition) is 6. The van der Waals surface area contributed by atoms with Crippen LogP contribution in [0.1, 0.15) is 45.7 Å². The zero-order chi connectivity index (χ0) is 28.1. The van der Waals surface area contributed by atoms with Crippen LogP contribution in [0.15, 0.2) is 60.7 Å². The summed E-state index contributed by atoms with van der Waals surface area (Å²) in [5.74, 6) is -1.61. The Balaban J connectivity index is 1.76. The maximum atomic E-state index is 13.5. The van der Waals surface area contributed by atoms with Crippen LogP contribution >= 0.6 is 11.8 Å². The zero-order valence-electron chi connectivity index (χ0n) is 23.5. The van der Waals surface area contributed by atoms with E-state index in [1.807, 2.05) is 74.5 Å². The molecule has 2 aromatic rings. The highest BCUT2D eigenvalue weighted by atomic mass is 32.2. The first kappa shape index (κ1) is 30.1. The monoisotopic (exact) mass is 555 g/mol. The first-order chi connectivity index (χ1) is 17.8. The van der Waals surface area contributed by atoms with Gasteiger partial charge in [0.2, 0.25) is 5.91 Å². The first-order valence-corrected chi connectivity index (χ1v) is 17.2. The SMILES string of the molecule is C[C@@H](O[Si](C)(C)C(C)(C)C)[C@@H]1C(=O)N[C@@H]1[C@@H](C)C(SCc1ccccc1)C(=O)C(=O)OCc1ccccc1. The lowest BCUT2D eigenvalue weighted by atomic mass is 9.77. The van der Waals surface area contributed by atoms with E-state index in [0.717, 1.165) is 11.1 Å². The summed E-state index contributed by atoms with van der Waals surface area (Å²) in [5.41, 5.74) is 1.88. The molecule has 1 unspecified atom stereocenters. The van der Waals surface area contributed by atoms with E-state index >= 15 is 0 Å². The molecule has 1 N–H and O–H groups in total. The molecule has 0 spiro atoms. The van der Waals surface area contributed by atoms with Crippen LogP contribution in [0.3, 0.4) is 0 Å². The average Bonchev–Trinajstić information content (AvgIpc) is 2.85. The van der Waals surface area contributed by atoms with Crippen molar-refractivity contribution in [2.45, 2.75) is 82.5 Å². The quantitative estimate of drug-likeness (QED) is 0.155. The van der Waals surface area contributed by atoms with E-state index in [1.54, 1.807) is 0 Å². The minimum Gasteiger partial charge on any atom is -0.455 e. The van der Waals surface area contributed by atoms with E-state index in [-0.39, 0.29) is 41.5 Å². The van der Waals surface area contributed by atoms with Crippen molar-refractivity contribution in [2.75, 3.05) is 0 Å². The second-order valence-corrected chi connectivity index (χ2v) is 17.5. The molecule has 0 aromatic heterocycles. The highest BCUT2D eigenvalue weighted by molar-refractivity contribution is 8.00. The van der Waals surface area contributed by atoms with Crippen molar-refractivity contribution in [3.8, 4) is 0 Å². The molecule has 0 aliphatic carbocycles. The molecule has 6 nitrogen and oxygen atoms in total. The number of hydrogen-bond donors (Lipinski definition) is 1. The largest absolute Gasteiger partial charge is 0.455 e. The third-order valence-electron chi connectivity index (χ3n) is 7.78. The number of ketones is 1. The third-order valence-corrected chi connectivity index (χ3v) is 13.9. The predicted octanol–water partition coefficient (Wildman–Crippen LogP) is 5.76. The third kappa shape index (κ3) is 7.36. The van der Waals surface area contributed by atoms with Gasteiger partial charge in [0.1, 0.15) is 6.61 Å². The summed E-state index contributed by atoms with van der Waals surface area (Å²) < 4.78 is 12.0. The summed E-state index contributed by atoms with van der Waals surface area (Å²) in [7, 11) is -2.10. The van der Waals surface area contributed by atoms with E-state index in [2.05, 4.69) is 39.2 Å². The van der Waals surface area contributed by atoms with Crippen LogP contribution in [0, 0.1) is 11.8 Å². The number of Topliss-reactive ketones (excluding diaryl/α,β-unsaturated/α-hetero) is 1. The topological polar surface area (TPSA) is 81.7 Å². The second kappa shape index (κ2) is 12.6. The van der Waals surface area contributed by atoms with Crippen LogP contribution in [0.5, 0.6) is 0 Å². The molecule has 1 aliphatic rings. The Labute approximate surface area is 232 Å². The fourth-order valence-corrected chi connectivity index (χ4v) is 7.14. The molecule has 2 aromatic carbocycles. The summed E-state index contributed by atoms with van der Waals surface area (Å²) in [5, 5.41) is 2.34. The Kier molecular flexibility index (Phi) is 10.0. The van der Waals surface area contributed by atoms with Gasteiger partial charge in [0.15, 0.2) is 8.32 Å². The van der Waals surface area contributed by atoms with Crippen molar-refractivity contribution in [1.29, 1.82) is 0 Å². The molecule has 1 saturated heterocycles. The predicted molar refractivity (Wildman–Crippen MR) is 155 cm³/mol. The van der Waals surface area contributed by atoms with E-state index in [9.17, 15) is 14.4 Å². The van der Waals surface area contributed by atoms with E-state index < -0.39 is 25.3 Å².